The van der Waals surface area contributed by atoms with Gasteiger partial charge in [0.2, 0.25) is 5.91 Å². The highest BCUT2D eigenvalue weighted by atomic mass is 19.1. The van der Waals surface area contributed by atoms with Gasteiger partial charge in [0.25, 0.3) is 11.8 Å². The summed E-state index contributed by atoms with van der Waals surface area (Å²) in [6, 6.07) is 20.5. The van der Waals surface area contributed by atoms with Crippen LogP contribution in [0.15, 0.2) is 72.8 Å². The van der Waals surface area contributed by atoms with E-state index in [1.807, 2.05) is 41.3 Å². The zero-order chi connectivity index (χ0) is 27.9. The summed E-state index contributed by atoms with van der Waals surface area (Å²) in [6.07, 6.45) is 1.13. The van der Waals surface area contributed by atoms with E-state index in [1.165, 1.54) is 24.3 Å². The van der Waals surface area contributed by atoms with Crippen molar-refractivity contribution in [3.05, 3.63) is 95.3 Å². The molecule has 40 heavy (non-hydrogen) atoms. The molecule has 3 amide bonds. The van der Waals surface area contributed by atoms with Crippen LogP contribution in [0, 0.1) is 5.82 Å². The van der Waals surface area contributed by atoms with Gasteiger partial charge < -0.3 is 25.3 Å². The van der Waals surface area contributed by atoms with Crippen LogP contribution in [0.25, 0.3) is 0 Å². The number of benzene rings is 3. The first-order valence-corrected chi connectivity index (χ1v) is 13.8. The minimum absolute atomic E-state index is 0.0844. The number of halogens is 1. The Kier molecular flexibility index (Phi) is 8.71. The van der Waals surface area contributed by atoms with Crippen LogP contribution in [0.4, 0.5) is 15.8 Å². The number of hydrogen-bond donors (Lipinski definition) is 2. The van der Waals surface area contributed by atoms with Crippen LogP contribution in [-0.4, -0.2) is 79.9 Å². The van der Waals surface area contributed by atoms with Gasteiger partial charge in [0, 0.05) is 63.5 Å². The molecule has 208 valence electrons. The number of piperazine rings is 1. The Hall–Kier alpha value is -4.24. The molecule has 8 nitrogen and oxygen atoms in total. The van der Waals surface area contributed by atoms with Crippen molar-refractivity contribution >= 4 is 29.1 Å². The monoisotopic (exact) mass is 543 g/mol. The standard InChI is InChI=1S/C31H34FN5O3/c32-26-10-7-24(8-11-26)30(39)34-27-22-25(31(40)37-17-13-33-14-18-37)9-12-28(27)35-15-4-16-36(20-19-35)29(38)21-23-5-2-1-3-6-23/h1-3,5-12,22,33H,4,13-21H2,(H,34,39). The normalized spacial score (nSPS) is 15.9. The molecular formula is C31H34FN5O3. The SMILES string of the molecule is O=C(Nc1cc(C(=O)N2CCNCC2)ccc1N1CCCN(C(=O)Cc2ccccc2)CC1)c1ccc(F)cc1. The summed E-state index contributed by atoms with van der Waals surface area (Å²) in [6.45, 7) is 5.21. The largest absolute Gasteiger partial charge is 0.368 e. The molecule has 2 saturated heterocycles. The highest BCUT2D eigenvalue weighted by Gasteiger charge is 2.24. The van der Waals surface area contributed by atoms with Crippen molar-refractivity contribution in [3.8, 4) is 0 Å². The molecule has 0 atom stereocenters. The maximum absolute atomic E-state index is 13.4. The van der Waals surface area contributed by atoms with E-state index in [1.54, 1.807) is 17.0 Å². The highest BCUT2D eigenvalue weighted by molar-refractivity contribution is 6.07. The third-order valence-electron chi connectivity index (χ3n) is 7.39. The molecule has 0 radical (unpaired) electrons. The second kappa shape index (κ2) is 12.7. The van der Waals surface area contributed by atoms with Crippen LogP contribution in [0.2, 0.25) is 0 Å². The minimum Gasteiger partial charge on any atom is -0.368 e. The van der Waals surface area contributed by atoms with E-state index < -0.39 is 5.82 Å². The van der Waals surface area contributed by atoms with E-state index in [9.17, 15) is 18.8 Å². The van der Waals surface area contributed by atoms with Gasteiger partial charge in [-0.15, -0.1) is 0 Å². The highest BCUT2D eigenvalue weighted by Crippen LogP contribution is 2.30. The Balaban J connectivity index is 1.36. The average molecular weight is 544 g/mol. The van der Waals surface area contributed by atoms with E-state index in [2.05, 4.69) is 15.5 Å². The van der Waals surface area contributed by atoms with Crippen molar-refractivity contribution in [1.29, 1.82) is 0 Å². The molecular weight excluding hydrogens is 509 g/mol. The van der Waals surface area contributed by atoms with Crippen LogP contribution in [0.3, 0.4) is 0 Å². The van der Waals surface area contributed by atoms with Crippen LogP contribution in [0.5, 0.6) is 0 Å². The van der Waals surface area contributed by atoms with Crippen molar-refractivity contribution in [1.82, 2.24) is 15.1 Å². The summed E-state index contributed by atoms with van der Waals surface area (Å²) in [4.78, 5) is 45.2. The summed E-state index contributed by atoms with van der Waals surface area (Å²) in [5, 5.41) is 6.21. The molecule has 0 spiro atoms. The molecule has 0 bridgehead atoms. The first kappa shape index (κ1) is 27.3. The molecule has 2 heterocycles. The first-order chi connectivity index (χ1) is 19.5. The Morgan fingerprint density at radius 2 is 1.50 bits per heavy atom. The maximum Gasteiger partial charge on any atom is 0.255 e. The molecule has 5 rings (SSSR count). The van der Waals surface area contributed by atoms with Crippen molar-refractivity contribution in [2.45, 2.75) is 12.8 Å². The third kappa shape index (κ3) is 6.66. The zero-order valence-electron chi connectivity index (χ0n) is 22.4. The van der Waals surface area contributed by atoms with E-state index in [-0.39, 0.29) is 17.7 Å². The van der Waals surface area contributed by atoms with Crippen LogP contribution < -0.4 is 15.5 Å². The van der Waals surface area contributed by atoms with Crippen LogP contribution >= 0.6 is 0 Å². The molecule has 0 aromatic heterocycles. The van der Waals surface area contributed by atoms with Crippen molar-refractivity contribution in [2.24, 2.45) is 0 Å². The zero-order valence-corrected chi connectivity index (χ0v) is 22.4. The van der Waals surface area contributed by atoms with Gasteiger partial charge in [-0.2, -0.15) is 0 Å². The quantitative estimate of drug-likeness (QED) is 0.498. The first-order valence-electron chi connectivity index (χ1n) is 13.8. The molecule has 0 aliphatic carbocycles. The lowest BCUT2D eigenvalue weighted by Crippen LogP contribution is -2.46. The molecule has 0 saturated carbocycles. The van der Waals surface area contributed by atoms with Gasteiger partial charge in [-0.05, 0) is 54.4 Å². The van der Waals surface area contributed by atoms with Gasteiger partial charge in [0.1, 0.15) is 5.82 Å². The van der Waals surface area contributed by atoms with Crippen LogP contribution in [0.1, 0.15) is 32.7 Å². The predicted molar refractivity (Wildman–Crippen MR) is 153 cm³/mol. The molecule has 2 N–H and O–H groups in total. The fourth-order valence-electron chi connectivity index (χ4n) is 5.18. The second-order valence-electron chi connectivity index (χ2n) is 10.1. The number of anilines is 2. The number of carbonyl (C=O) groups excluding carboxylic acids is 3. The van der Waals surface area contributed by atoms with Gasteiger partial charge in [-0.3, -0.25) is 14.4 Å². The van der Waals surface area contributed by atoms with Gasteiger partial charge in [-0.25, -0.2) is 4.39 Å². The van der Waals surface area contributed by atoms with Gasteiger partial charge in [0.05, 0.1) is 17.8 Å². The number of amides is 3. The number of nitrogens with zero attached hydrogens (tertiary/aromatic N) is 3. The summed E-state index contributed by atoms with van der Waals surface area (Å²) in [7, 11) is 0. The smallest absolute Gasteiger partial charge is 0.255 e. The lowest BCUT2D eigenvalue weighted by Gasteiger charge is -2.29. The summed E-state index contributed by atoms with van der Waals surface area (Å²) in [5.41, 5.74) is 3.10. The topological polar surface area (TPSA) is 85.0 Å². The van der Waals surface area contributed by atoms with Crippen molar-refractivity contribution < 1.29 is 18.8 Å². The van der Waals surface area contributed by atoms with E-state index >= 15 is 0 Å². The Morgan fingerprint density at radius 1 is 0.775 bits per heavy atom. The number of nitrogens with one attached hydrogen (secondary N) is 2. The minimum atomic E-state index is -0.420. The fourth-order valence-corrected chi connectivity index (χ4v) is 5.18. The predicted octanol–water partition coefficient (Wildman–Crippen LogP) is 3.40. The summed E-state index contributed by atoms with van der Waals surface area (Å²) < 4.78 is 13.4. The Morgan fingerprint density at radius 3 is 2.25 bits per heavy atom. The van der Waals surface area contributed by atoms with Crippen LogP contribution in [-0.2, 0) is 11.2 Å². The molecule has 2 fully saturated rings. The number of carbonyl (C=O) groups is 3. The fraction of sp³-hybridized carbons (Fsp3) is 0.323. The van der Waals surface area contributed by atoms with E-state index in [0.717, 1.165) is 30.8 Å². The molecule has 3 aromatic carbocycles. The summed E-state index contributed by atoms with van der Waals surface area (Å²) in [5.74, 6) is -0.798. The molecule has 2 aliphatic heterocycles. The lowest BCUT2D eigenvalue weighted by molar-refractivity contribution is -0.130. The molecule has 0 unspecified atom stereocenters. The van der Waals surface area contributed by atoms with Gasteiger partial charge in [-0.1, -0.05) is 30.3 Å². The number of rotatable bonds is 6. The maximum atomic E-state index is 13.4. The van der Waals surface area contributed by atoms with Crippen molar-refractivity contribution in [3.63, 3.8) is 0 Å². The Labute approximate surface area is 233 Å². The molecule has 9 heteroatoms. The van der Waals surface area contributed by atoms with Gasteiger partial charge in [0.15, 0.2) is 0 Å². The van der Waals surface area contributed by atoms with E-state index in [0.29, 0.717) is 62.5 Å². The molecule has 3 aromatic rings. The van der Waals surface area contributed by atoms with Gasteiger partial charge >= 0.3 is 0 Å². The number of hydrogen-bond acceptors (Lipinski definition) is 5. The molecule has 2 aliphatic rings. The van der Waals surface area contributed by atoms with E-state index in [4.69, 9.17) is 0 Å². The lowest BCUT2D eigenvalue weighted by atomic mass is 10.1. The summed E-state index contributed by atoms with van der Waals surface area (Å²) >= 11 is 0. The second-order valence-corrected chi connectivity index (χ2v) is 10.1. The average Bonchev–Trinajstić information content (AvgIpc) is 3.24. The third-order valence-corrected chi connectivity index (χ3v) is 7.39. The van der Waals surface area contributed by atoms with Crippen molar-refractivity contribution in [2.75, 3.05) is 62.6 Å². The Bertz CT molecular complexity index is 1340.